The van der Waals surface area contributed by atoms with Crippen molar-refractivity contribution in [3.05, 3.63) is 77.4 Å². The number of hydrogen-bond donors (Lipinski definition) is 4. The molecule has 1 aromatic heterocycles. The van der Waals surface area contributed by atoms with Gasteiger partial charge in [0, 0.05) is 6.54 Å². The second-order valence-corrected chi connectivity index (χ2v) is 7.08. The average molecular weight is 456 g/mol. The lowest BCUT2D eigenvalue weighted by Gasteiger charge is -2.15. The first-order chi connectivity index (χ1) is 15.7. The molecular formula is C21H16BF3N4O4. The van der Waals surface area contributed by atoms with Crippen molar-refractivity contribution in [1.29, 1.82) is 0 Å². The molecule has 33 heavy (non-hydrogen) atoms. The highest BCUT2D eigenvalue weighted by Gasteiger charge is 2.36. The maximum absolute atomic E-state index is 13.1. The van der Waals surface area contributed by atoms with Crippen LogP contribution in [0.2, 0.25) is 0 Å². The first kappa shape index (κ1) is 22.3. The molecule has 168 valence electrons. The molecule has 4 rings (SSSR count). The molecule has 0 bridgehead atoms. The molecule has 12 heteroatoms. The summed E-state index contributed by atoms with van der Waals surface area (Å²) in [6, 6.07) is 14.8. The number of rotatable bonds is 6. The van der Waals surface area contributed by atoms with E-state index in [1.165, 1.54) is 0 Å². The molecule has 0 unspecified atom stereocenters. The quantitative estimate of drug-likeness (QED) is 0.329. The van der Waals surface area contributed by atoms with Crippen molar-refractivity contribution >= 4 is 40.9 Å². The van der Waals surface area contributed by atoms with Gasteiger partial charge in [-0.25, -0.2) is 4.63 Å². The van der Waals surface area contributed by atoms with Crippen molar-refractivity contribution in [3.8, 4) is 0 Å². The van der Waals surface area contributed by atoms with Crippen LogP contribution in [0, 0.1) is 0 Å². The van der Waals surface area contributed by atoms with E-state index in [2.05, 4.69) is 20.9 Å². The molecular weight excluding hydrogens is 440 g/mol. The number of amides is 1. The third-order valence-electron chi connectivity index (χ3n) is 4.88. The molecule has 0 saturated carbocycles. The highest BCUT2D eigenvalue weighted by atomic mass is 19.4. The van der Waals surface area contributed by atoms with E-state index in [0.717, 1.165) is 18.2 Å². The third kappa shape index (κ3) is 4.81. The lowest BCUT2D eigenvalue weighted by Crippen LogP contribution is -2.36. The van der Waals surface area contributed by atoms with Crippen LogP contribution in [-0.2, 0) is 12.7 Å². The van der Waals surface area contributed by atoms with Gasteiger partial charge >= 0.3 is 13.3 Å². The normalized spacial score (nSPS) is 11.4. The Labute approximate surface area is 185 Å². The number of fused-ring (bicyclic) bond motifs is 1. The molecule has 4 aromatic rings. The zero-order valence-corrected chi connectivity index (χ0v) is 16.8. The number of aromatic nitrogens is 2. The van der Waals surface area contributed by atoms with Gasteiger partial charge in [0.2, 0.25) is 0 Å². The molecule has 1 amide bonds. The summed E-state index contributed by atoms with van der Waals surface area (Å²) in [5, 5.41) is 32.0. The number of carbonyl (C=O) groups excluding carboxylic acids is 1. The Bertz CT molecular complexity index is 1310. The summed E-state index contributed by atoms with van der Waals surface area (Å²) >= 11 is 0. The number of alkyl halides is 3. The van der Waals surface area contributed by atoms with Gasteiger partial charge in [-0.3, -0.25) is 4.79 Å². The van der Waals surface area contributed by atoms with Crippen molar-refractivity contribution < 1.29 is 32.6 Å². The summed E-state index contributed by atoms with van der Waals surface area (Å²) in [5.74, 6) is -0.491. The largest absolute Gasteiger partial charge is 0.489 e. The highest BCUT2D eigenvalue weighted by molar-refractivity contribution is 6.59. The van der Waals surface area contributed by atoms with Crippen molar-refractivity contribution in [3.63, 3.8) is 0 Å². The number of carbonyl (C=O) groups is 1. The van der Waals surface area contributed by atoms with E-state index in [4.69, 9.17) is 4.63 Å². The molecule has 0 aliphatic heterocycles. The van der Waals surface area contributed by atoms with Crippen LogP contribution in [0.3, 0.4) is 0 Å². The van der Waals surface area contributed by atoms with Gasteiger partial charge in [-0.15, -0.1) is 0 Å². The number of hydrogen-bond acceptors (Lipinski definition) is 7. The molecule has 1 heterocycles. The third-order valence-corrected chi connectivity index (χ3v) is 4.88. The standard InChI is InChI=1S/C21H16BF3N4O4/c23-21(24,25)14-9-8-12(10-15(14)22(31)32)11-26-20(30)13-4-1-2-5-16(13)27-17-6-3-7-18-19(17)29-33-28-18/h1-10,27,31-32H,11H2,(H,26,30). The maximum atomic E-state index is 13.1. The van der Waals surface area contributed by atoms with Crippen LogP contribution in [0.5, 0.6) is 0 Å². The SMILES string of the molecule is O=C(NCc1ccc(C(F)(F)F)c(B(O)O)c1)c1ccccc1Nc1cccc2nonc12. The van der Waals surface area contributed by atoms with Crippen LogP contribution >= 0.6 is 0 Å². The zero-order chi connectivity index (χ0) is 23.6. The Kier molecular flexibility index (Phi) is 6.03. The van der Waals surface area contributed by atoms with Crippen molar-refractivity contribution in [2.24, 2.45) is 0 Å². The molecule has 0 spiro atoms. The fourth-order valence-electron chi connectivity index (χ4n) is 3.31. The highest BCUT2D eigenvalue weighted by Crippen LogP contribution is 2.29. The predicted octanol–water partition coefficient (Wildman–Crippen LogP) is 2.59. The monoisotopic (exact) mass is 456 g/mol. The minimum Gasteiger partial charge on any atom is -0.423 e. The Morgan fingerprint density at radius 3 is 2.52 bits per heavy atom. The predicted molar refractivity (Wildman–Crippen MR) is 114 cm³/mol. The van der Waals surface area contributed by atoms with Crippen LogP contribution in [0.1, 0.15) is 21.5 Å². The number of nitrogens with zero attached hydrogens (tertiary/aromatic N) is 2. The summed E-state index contributed by atoms with van der Waals surface area (Å²) in [6.07, 6.45) is -4.74. The van der Waals surface area contributed by atoms with Crippen LogP contribution in [0.25, 0.3) is 11.0 Å². The molecule has 0 saturated heterocycles. The van der Waals surface area contributed by atoms with Crippen molar-refractivity contribution in [2.75, 3.05) is 5.32 Å². The first-order valence-electron chi connectivity index (χ1n) is 9.66. The fourth-order valence-corrected chi connectivity index (χ4v) is 3.31. The Morgan fingerprint density at radius 2 is 1.76 bits per heavy atom. The lowest BCUT2D eigenvalue weighted by atomic mass is 9.76. The smallest absolute Gasteiger partial charge is 0.423 e. The molecule has 0 atom stereocenters. The number of para-hydroxylation sites is 1. The van der Waals surface area contributed by atoms with E-state index >= 15 is 0 Å². The van der Waals surface area contributed by atoms with Gasteiger partial charge in [-0.05, 0) is 45.6 Å². The number of anilines is 2. The first-order valence-corrected chi connectivity index (χ1v) is 9.66. The van der Waals surface area contributed by atoms with E-state index in [9.17, 15) is 28.0 Å². The minimum absolute atomic E-state index is 0.131. The number of nitrogens with one attached hydrogen (secondary N) is 2. The van der Waals surface area contributed by atoms with Gasteiger partial charge in [-0.2, -0.15) is 13.2 Å². The van der Waals surface area contributed by atoms with Gasteiger partial charge < -0.3 is 20.7 Å². The molecule has 8 nitrogen and oxygen atoms in total. The summed E-state index contributed by atoms with van der Waals surface area (Å²) in [6.45, 7) is -0.131. The van der Waals surface area contributed by atoms with Crippen LogP contribution in [0.4, 0.5) is 24.5 Å². The van der Waals surface area contributed by atoms with Gasteiger partial charge in [0.1, 0.15) is 5.52 Å². The molecule has 0 fully saturated rings. The molecule has 0 aliphatic rings. The number of benzene rings is 3. The van der Waals surface area contributed by atoms with E-state index < -0.39 is 30.2 Å². The average Bonchev–Trinajstić information content (AvgIpc) is 3.27. The minimum atomic E-state index is -4.74. The molecule has 3 aromatic carbocycles. The van der Waals surface area contributed by atoms with E-state index in [0.29, 0.717) is 22.4 Å². The number of halogens is 3. The van der Waals surface area contributed by atoms with Crippen LogP contribution in [-0.4, -0.2) is 33.4 Å². The van der Waals surface area contributed by atoms with Gasteiger partial charge in [0.05, 0.1) is 22.5 Å². The fraction of sp³-hybridized carbons (Fsp3) is 0.0952. The summed E-state index contributed by atoms with van der Waals surface area (Å²) < 4.78 is 43.9. The second kappa shape index (κ2) is 8.92. The topological polar surface area (TPSA) is 121 Å². The van der Waals surface area contributed by atoms with Crippen LogP contribution in [0.15, 0.2) is 65.3 Å². The van der Waals surface area contributed by atoms with Gasteiger partial charge in [-0.1, -0.05) is 36.4 Å². The molecule has 0 radical (unpaired) electrons. The Balaban J connectivity index is 1.53. The molecule has 0 aliphatic carbocycles. The Hall–Kier alpha value is -3.90. The summed E-state index contributed by atoms with van der Waals surface area (Å²) in [7, 11) is -2.31. The van der Waals surface area contributed by atoms with E-state index in [1.807, 2.05) is 0 Å². The van der Waals surface area contributed by atoms with Crippen molar-refractivity contribution in [1.82, 2.24) is 15.6 Å². The van der Waals surface area contributed by atoms with Crippen molar-refractivity contribution in [2.45, 2.75) is 12.7 Å². The van der Waals surface area contributed by atoms with E-state index in [1.54, 1.807) is 42.5 Å². The Morgan fingerprint density at radius 1 is 1.00 bits per heavy atom. The van der Waals surface area contributed by atoms with Crippen LogP contribution < -0.4 is 16.1 Å². The van der Waals surface area contributed by atoms with Gasteiger partial charge in [0.25, 0.3) is 5.91 Å². The summed E-state index contributed by atoms with van der Waals surface area (Å²) in [5.41, 5.74) is 0.745. The van der Waals surface area contributed by atoms with Gasteiger partial charge in [0.15, 0.2) is 5.52 Å². The maximum Gasteiger partial charge on any atom is 0.489 e. The zero-order valence-electron chi connectivity index (χ0n) is 16.8. The second-order valence-electron chi connectivity index (χ2n) is 7.08. The van der Waals surface area contributed by atoms with E-state index in [-0.39, 0.29) is 17.7 Å². The molecule has 4 N–H and O–H groups in total. The summed E-state index contributed by atoms with van der Waals surface area (Å²) in [4.78, 5) is 12.8. The lowest BCUT2D eigenvalue weighted by molar-refractivity contribution is -0.136.